The van der Waals surface area contributed by atoms with Gasteiger partial charge in [-0.15, -0.1) is 11.3 Å². The van der Waals surface area contributed by atoms with Gasteiger partial charge in [0, 0.05) is 6.20 Å². The topological polar surface area (TPSA) is 33.1 Å². The first-order valence-electron chi connectivity index (χ1n) is 5.85. The molecule has 1 heterocycles. The second-order valence-corrected chi connectivity index (χ2v) is 5.72. The van der Waals surface area contributed by atoms with Crippen molar-refractivity contribution in [3.05, 3.63) is 51.2 Å². The summed E-state index contributed by atoms with van der Waals surface area (Å²) in [6, 6.07) is 3.92. The van der Waals surface area contributed by atoms with Gasteiger partial charge in [0.1, 0.15) is 11.4 Å². The number of benzene rings is 1. The van der Waals surface area contributed by atoms with E-state index in [4.69, 9.17) is 0 Å². The Kier molecular flexibility index (Phi) is 2.88. The lowest BCUT2D eigenvalue weighted by Crippen LogP contribution is -2.22. The molecule has 0 amide bonds. The lowest BCUT2D eigenvalue weighted by molar-refractivity contribution is -0.137. The van der Waals surface area contributed by atoms with Gasteiger partial charge in [-0.25, -0.2) is 9.37 Å². The molecule has 0 spiro atoms. The van der Waals surface area contributed by atoms with Crippen LogP contribution in [0.2, 0.25) is 0 Å². The SMILES string of the molecule is OC1(c2cnc(C(F)(F)F)s2)CCc2cc(F)ccc21. The number of alkyl halides is 3. The van der Waals surface area contributed by atoms with Gasteiger partial charge in [-0.2, -0.15) is 13.2 Å². The number of aryl methyl sites for hydroxylation is 1. The summed E-state index contributed by atoms with van der Waals surface area (Å²) in [6.07, 6.45) is -2.83. The summed E-state index contributed by atoms with van der Waals surface area (Å²) in [7, 11) is 0. The standard InChI is InChI=1S/C13H9F4NOS/c14-8-1-2-9-7(5-8)3-4-12(9,19)10-6-18-11(20-10)13(15,16)17/h1-2,5-6,19H,3-4H2. The molecule has 2 nitrogen and oxygen atoms in total. The number of rotatable bonds is 1. The van der Waals surface area contributed by atoms with E-state index >= 15 is 0 Å². The van der Waals surface area contributed by atoms with Crippen LogP contribution in [0.5, 0.6) is 0 Å². The molecule has 0 radical (unpaired) electrons. The van der Waals surface area contributed by atoms with E-state index in [2.05, 4.69) is 4.98 Å². The van der Waals surface area contributed by atoms with Crippen molar-refractivity contribution in [3.63, 3.8) is 0 Å². The van der Waals surface area contributed by atoms with Crippen LogP contribution in [0.25, 0.3) is 0 Å². The van der Waals surface area contributed by atoms with Gasteiger partial charge in [-0.1, -0.05) is 6.07 Å². The van der Waals surface area contributed by atoms with Gasteiger partial charge < -0.3 is 5.11 Å². The first-order valence-corrected chi connectivity index (χ1v) is 6.67. The highest BCUT2D eigenvalue weighted by molar-refractivity contribution is 7.11. The Balaban J connectivity index is 2.05. The Labute approximate surface area is 115 Å². The van der Waals surface area contributed by atoms with Gasteiger partial charge >= 0.3 is 6.18 Å². The van der Waals surface area contributed by atoms with Crippen LogP contribution >= 0.6 is 11.3 Å². The molecule has 7 heteroatoms. The van der Waals surface area contributed by atoms with Crippen LogP contribution < -0.4 is 0 Å². The number of thiazole rings is 1. The molecule has 1 aromatic heterocycles. The summed E-state index contributed by atoms with van der Waals surface area (Å²) in [5.74, 6) is -0.423. The maximum atomic E-state index is 13.1. The van der Waals surface area contributed by atoms with E-state index in [1.165, 1.54) is 18.2 Å². The maximum absolute atomic E-state index is 13.1. The van der Waals surface area contributed by atoms with Gasteiger partial charge in [0.15, 0.2) is 5.01 Å². The van der Waals surface area contributed by atoms with Crippen molar-refractivity contribution in [1.29, 1.82) is 0 Å². The van der Waals surface area contributed by atoms with Crippen LogP contribution in [0.3, 0.4) is 0 Å². The smallest absolute Gasteiger partial charge is 0.379 e. The number of hydrogen-bond donors (Lipinski definition) is 1. The van der Waals surface area contributed by atoms with Crippen molar-refractivity contribution in [2.45, 2.75) is 24.6 Å². The molecule has 0 aliphatic heterocycles. The van der Waals surface area contributed by atoms with Crippen molar-refractivity contribution in [1.82, 2.24) is 4.98 Å². The summed E-state index contributed by atoms with van der Waals surface area (Å²) in [4.78, 5) is 3.46. The minimum atomic E-state index is -4.52. The average Bonchev–Trinajstić information content (AvgIpc) is 2.95. The first kappa shape index (κ1) is 13.5. The summed E-state index contributed by atoms with van der Waals surface area (Å²) in [5.41, 5.74) is -0.435. The van der Waals surface area contributed by atoms with Gasteiger partial charge in [-0.3, -0.25) is 0 Å². The summed E-state index contributed by atoms with van der Waals surface area (Å²) in [6.45, 7) is 0. The Morgan fingerprint density at radius 1 is 1.30 bits per heavy atom. The predicted molar refractivity (Wildman–Crippen MR) is 64.8 cm³/mol. The Hall–Kier alpha value is -1.47. The first-order chi connectivity index (χ1) is 9.30. The fourth-order valence-corrected chi connectivity index (χ4v) is 3.39. The Morgan fingerprint density at radius 3 is 2.70 bits per heavy atom. The van der Waals surface area contributed by atoms with E-state index < -0.39 is 22.6 Å². The lowest BCUT2D eigenvalue weighted by Gasteiger charge is -2.22. The molecule has 106 valence electrons. The highest BCUT2D eigenvalue weighted by atomic mass is 32.1. The van der Waals surface area contributed by atoms with E-state index in [0.29, 0.717) is 28.9 Å². The van der Waals surface area contributed by atoms with Gasteiger partial charge in [0.25, 0.3) is 0 Å². The largest absolute Gasteiger partial charge is 0.443 e. The lowest BCUT2D eigenvalue weighted by atomic mass is 9.95. The molecule has 1 aromatic carbocycles. The maximum Gasteiger partial charge on any atom is 0.443 e. The van der Waals surface area contributed by atoms with Gasteiger partial charge in [0.05, 0.1) is 4.88 Å². The highest BCUT2D eigenvalue weighted by Gasteiger charge is 2.43. The van der Waals surface area contributed by atoms with Crippen molar-refractivity contribution in [2.75, 3.05) is 0 Å². The van der Waals surface area contributed by atoms with E-state index in [0.717, 1.165) is 6.20 Å². The molecule has 0 saturated carbocycles. The fraction of sp³-hybridized carbons (Fsp3) is 0.308. The molecule has 0 saturated heterocycles. The second kappa shape index (κ2) is 4.26. The van der Waals surface area contributed by atoms with E-state index in [-0.39, 0.29) is 11.3 Å². The van der Waals surface area contributed by atoms with Crippen LogP contribution in [-0.2, 0) is 18.2 Å². The number of fused-ring (bicyclic) bond motifs is 1. The van der Waals surface area contributed by atoms with Crippen LogP contribution in [-0.4, -0.2) is 10.1 Å². The molecule has 1 aliphatic carbocycles. The third-order valence-corrected chi connectivity index (χ3v) is 4.62. The molecule has 1 unspecified atom stereocenters. The molecular formula is C13H9F4NOS. The highest BCUT2D eigenvalue weighted by Crippen LogP contribution is 2.45. The minimum Gasteiger partial charge on any atom is -0.379 e. The van der Waals surface area contributed by atoms with E-state index in [9.17, 15) is 22.7 Å². The van der Waals surface area contributed by atoms with Crippen LogP contribution in [0.4, 0.5) is 17.6 Å². The third-order valence-electron chi connectivity index (χ3n) is 3.42. The molecular weight excluding hydrogens is 294 g/mol. The van der Waals surface area contributed by atoms with Crippen molar-refractivity contribution in [2.24, 2.45) is 0 Å². The van der Waals surface area contributed by atoms with Crippen molar-refractivity contribution < 1.29 is 22.7 Å². The molecule has 1 aliphatic rings. The number of nitrogens with zero attached hydrogens (tertiary/aromatic N) is 1. The Bertz CT molecular complexity index is 667. The quantitative estimate of drug-likeness (QED) is 0.818. The number of halogens is 4. The second-order valence-electron chi connectivity index (χ2n) is 4.69. The molecule has 1 atom stereocenters. The van der Waals surface area contributed by atoms with E-state index in [1.54, 1.807) is 0 Å². The zero-order valence-electron chi connectivity index (χ0n) is 10.0. The normalized spacial score (nSPS) is 22.1. The molecule has 0 bridgehead atoms. The molecule has 3 rings (SSSR count). The van der Waals surface area contributed by atoms with Crippen LogP contribution in [0, 0.1) is 5.82 Å². The predicted octanol–water partition coefficient (Wildman–Crippen LogP) is 3.48. The molecule has 0 fully saturated rings. The molecule has 2 aromatic rings. The van der Waals surface area contributed by atoms with E-state index in [1.807, 2.05) is 0 Å². The average molecular weight is 303 g/mol. The fourth-order valence-electron chi connectivity index (χ4n) is 2.48. The number of aliphatic hydroxyl groups is 1. The number of aromatic nitrogens is 1. The third kappa shape index (κ3) is 2.01. The zero-order chi connectivity index (χ0) is 14.5. The van der Waals surface area contributed by atoms with Crippen molar-refractivity contribution in [3.8, 4) is 0 Å². The molecule has 20 heavy (non-hydrogen) atoms. The van der Waals surface area contributed by atoms with Crippen molar-refractivity contribution >= 4 is 11.3 Å². The summed E-state index contributed by atoms with van der Waals surface area (Å²) >= 11 is 0.424. The summed E-state index contributed by atoms with van der Waals surface area (Å²) < 4.78 is 50.9. The minimum absolute atomic E-state index is 0.134. The van der Waals surface area contributed by atoms with Gasteiger partial charge in [0.2, 0.25) is 0 Å². The Morgan fingerprint density at radius 2 is 2.05 bits per heavy atom. The van der Waals surface area contributed by atoms with Crippen LogP contribution in [0.1, 0.15) is 27.4 Å². The van der Waals surface area contributed by atoms with Crippen LogP contribution in [0.15, 0.2) is 24.4 Å². The monoisotopic (exact) mass is 303 g/mol. The summed E-state index contributed by atoms with van der Waals surface area (Å²) in [5, 5.41) is 9.68. The van der Waals surface area contributed by atoms with Gasteiger partial charge in [-0.05, 0) is 36.1 Å². The zero-order valence-corrected chi connectivity index (χ0v) is 10.9. The number of hydrogen-bond acceptors (Lipinski definition) is 3. The molecule has 1 N–H and O–H groups in total.